The molecule has 0 spiro atoms. The zero-order valence-electron chi connectivity index (χ0n) is 20.1. The summed E-state index contributed by atoms with van der Waals surface area (Å²) in [5, 5.41) is 4.26. The van der Waals surface area contributed by atoms with Gasteiger partial charge >= 0.3 is 0 Å². The Kier molecular flexibility index (Phi) is 7.43. The zero-order valence-corrected chi connectivity index (χ0v) is 21.7. The molecule has 0 fully saturated rings. The number of halogens is 2. The summed E-state index contributed by atoms with van der Waals surface area (Å²) in [6.07, 6.45) is 2.42. The Labute approximate surface area is 215 Å². The fourth-order valence-corrected chi connectivity index (χ4v) is 4.38. The third-order valence-corrected chi connectivity index (χ3v) is 6.65. The summed E-state index contributed by atoms with van der Waals surface area (Å²) < 4.78 is 1.81. The van der Waals surface area contributed by atoms with Crippen LogP contribution in [0.4, 0.5) is 17.3 Å². The summed E-state index contributed by atoms with van der Waals surface area (Å²) in [7, 11) is 1.85. The van der Waals surface area contributed by atoms with Gasteiger partial charge < -0.3 is 14.8 Å². The second-order valence-corrected chi connectivity index (χ2v) is 8.97. The molecule has 0 saturated heterocycles. The minimum Gasteiger partial charge on any atom is -0.333 e. The van der Waals surface area contributed by atoms with Gasteiger partial charge in [-0.3, -0.25) is 4.79 Å². The summed E-state index contributed by atoms with van der Waals surface area (Å²) >= 11 is 12.5. The molecule has 2 aromatic carbocycles. The molecule has 2 aromatic heterocycles. The van der Waals surface area contributed by atoms with Crippen molar-refractivity contribution < 1.29 is 4.79 Å². The van der Waals surface area contributed by atoms with E-state index in [9.17, 15) is 4.79 Å². The molecule has 0 atom stereocenters. The lowest BCUT2D eigenvalue weighted by Gasteiger charge is -2.24. The molecule has 0 radical (unpaired) electrons. The van der Waals surface area contributed by atoms with E-state index < -0.39 is 0 Å². The van der Waals surface area contributed by atoms with E-state index in [2.05, 4.69) is 28.3 Å². The normalized spacial score (nSPS) is 10.9. The molecule has 4 rings (SSSR count). The Morgan fingerprint density at radius 2 is 1.86 bits per heavy atom. The van der Waals surface area contributed by atoms with Crippen LogP contribution < -0.4 is 10.2 Å². The minimum absolute atomic E-state index is 0.0336. The van der Waals surface area contributed by atoms with Crippen molar-refractivity contribution in [1.82, 2.24) is 14.5 Å². The maximum absolute atomic E-state index is 13.4. The number of amides is 1. The maximum atomic E-state index is 13.4. The van der Waals surface area contributed by atoms with Crippen molar-refractivity contribution in [2.75, 3.05) is 16.8 Å². The lowest BCUT2D eigenvalue weighted by Crippen LogP contribution is -2.31. The molecular formula is C27H27Cl2N5O. The van der Waals surface area contributed by atoms with Crippen molar-refractivity contribution in [1.29, 1.82) is 0 Å². The van der Waals surface area contributed by atoms with Crippen LogP contribution in [0, 0.1) is 6.92 Å². The number of rotatable bonds is 7. The largest absolute Gasteiger partial charge is 0.333 e. The monoisotopic (exact) mass is 507 g/mol. The fourth-order valence-electron chi connectivity index (χ4n) is 4.04. The van der Waals surface area contributed by atoms with E-state index in [0.717, 1.165) is 34.6 Å². The average molecular weight is 508 g/mol. The van der Waals surface area contributed by atoms with Crippen molar-refractivity contribution in [3.8, 4) is 11.4 Å². The van der Waals surface area contributed by atoms with E-state index in [0.29, 0.717) is 33.9 Å². The number of hydrogen-bond acceptors (Lipinski definition) is 4. The predicted octanol–water partition coefficient (Wildman–Crippen LogP) is 7.07. The first-order chi connectivity index (χ1) is 16.8. The van der Waals surface area contributed by atoms with Crippen LogP contribution in [-0.2, 0) is 13.5 Å². The van der Waals surface area contributed by atoms with Gasteiger partial charge in [-0.2, -0.15) is 0 Å². The Hall–Kier alpha value is -3.35. The first kappa shape index (κ1) is 24.8. The number of aromatic nitrogens is 3. The fraction of sp³-hybridized carbons (Fsp3) is 0.222. The van der Waals surface area contributed by atoms with Crippen LogP contribution in [0.5, 0.6) is 0 Å². The Balaban J connectivity index is 1.60. The van der Waals surface area contributed by atoms with Crippen molar-refractivity contribution in [2.45, 2.75) is 27.2 Å². The number of benzene rings is 2. The lowest BCUT2D eigenvalue weighted by atomic mass is 10.1. The number of aryl methyl sites for hydroxylation is 2. The second kappa shape index (κ2) is 10.5. The molecule has 4 aromatic rings. The van der Waals surface area contributed by atoms with Crippen molar-refractivity contribution in [3.63, 3.8) is 0 Å². The van der Waals surface area contributed by atoms with Crippen LogP contribution in [0.3, 0.4) is 0 Å². The molecule has 0 unspecified atom stereocenters. The molecular weight excluding hydrogens is 481 g/mol. The van der Waals surface area contributed by atoms with Crippen LogP contribution in [0.15, 0.2) is 60.8 Å². The van der Waals surface area contributed by atoms with Crippen LogP contribution in [0.1, 0.15) is 35.3 Å². The highest BCUT2D eigenvalue weighted by Gasteiger charge is 2.19. The van der Waals surface area contributed by atoms with E-state index in [1.54, 1.807) is 16.8 Å². The summed E-state index contributed by atoms with van der Waals surface area (Å²) in [4.78, 5) is 24.1. The van der Waals surface area contributed by atoms with Crippen molar-refractivity contribution >= 4 is 46.4 Å². The van der Waals surface area contributed by atoms with E-state index in [1.807, 2.05) is 68.3 Å². The molecule has 0 saturated carbocycles. The van der Waals surface area contributed by atoms with Crippen LogP contribution in [0.2, 0.25) is 10.2 Å². The topological polar surface area (TPSA) is 63.1 Å². The molecule has 6 nitrogen and oxygen atoms in total. The van der Waals surface area contributed by atoms with Gasteiger partial charge in [0, 0.05) is 30.5 Å². The summed E-state index contributed by atoms with van der Waals surface area (Å²) in [6.45, 7) is 6.61. The number of hydrogen-bond donors (Lipinski definition) is 1. The molecule has 0 aliphatic heterocycles. The van der Waals surface area contributed by atoms with Crippen LogP contribution in [-0.4, -0.2) is 27.0 Å². The Morgan fingerprint density at radius 1 is 1.09 bits per heavy atom. The third-order valence-electron chi connectivity index (χ3n) is 5.99. The SMILES string of the molecule is CCc1ccccc1N(CC)C(=O)c1ccc(Nc2ncc(Cl)c(-c3ccc(Cl)n3C)n2)c(C)c1. The van der Waals surface area contributed by atoms with Gasteiger partial charge in [0.15, 0.2) is 0 Å². The highest BCUT2D eigenvalue weighted by molar-refractivity contribution is 6.33. The summed E-state index contributed by atoms with van der Waals surface area (Å²) in [5.74, 6) is 0.365. The van der Waals surface area contributed by atoms with Crippen molar-refractivity contribution in [3.05, 3.63) is 87.7 Å². The third kappa shape index (κ3) is 5.04. The number of para-hydroxylation sites is 1. The predicted molar refractivity (Wildman–Crippen MR) is 144 cm³/mol. The molecule has 2 heterocycles. The molecule has 0 bridgehead atoms. The Bertz CT molecular complexity index is 1380. The van der Waals surface area contributed by atoms with E-state index in [-0.39, 0.29) is 5.91 Å². The molecule has 8 heteroatoms. The molecule has 1 N–H and O–H groups in total. The summed E-state index contributed by atoms with van der Waals surface area (Å²) in [5.41, 5.74) is 5.79. The van der Waals surface area contributed by atoms with E-state index >= 15 is 0 Å². The van der Waals surface area contributed by atoms with Gasteiger partial charge in [-0.25, -0.2) is 9.97 Å². The zero-order chi connectivity index (χ0) is 25.1. The van der Waals surface area contributed by atoms with E-state index in [1.165, 1.54) is 0 Å². The molecule has 0 aliphatic rings. The lowest BCUT2D eigenvalue weighted by molar-refractivity contribution is 0.0988. The quantitative estimate of drug-likeness (QED) is 0.290. The van der Waals surface area contributed by atoms with Gasteiger partial charge in [0.2, 0.25) is 5.95 Å². The van der Waals surface area contributed by atoms with Gasteiger partial charge in [-0.15, -0.1) is 0 Å². The highest BCUT2D eigenvalue weighted by Crippen LogP contribution is 2.30. The maximum Gasteiger partial charge on any atom is 0.258 e. The highest BCUT2D eigenvalue weighted by atomic mass is 35.5. The molecule has 35 heavy (non-hydrogen) atoms. The first-order valence-corrected chi connectivity index (χ1v) is 12.2. The standard InChI is InChI=1S/C27H27Cl2N5O/c1-5-18-9-7-8-10-22(18)34(6-2)26(35)19-11-12-21(17(3)15-19)31-27-30-16-20(28)25(32-27)23-13-14-24(29)33(23)4/h7-16H,5-6H2,1-4H3,(H,30,31,32). The number of carbonyl (C=O) groups is 1. The van der Waals surface area contributed by atoms with Crippen molar-refractivity contribution in [2.24, 2.45) is 7.05 Å². The van der Waals surface area contributed by atoms with Gasteiger partial charge in [0.1, 0.15) is 10.8 Å². The van der Waals surface area contributed by atoms with E-state index in [4.69, 9.17) is 23.2 Å². The van der Waals surface area contributed by atoms with Gasteiger partial charge in [-0.05, 0) is 67.8 Å². The molecule has 0 aliphatic carbocycles. The second-order valence-electron chi connectivity index (χ2n) is 8.18. The van der Waals surface area contributed by atoms with Gasteiger partial charge in [0.05, 0.1) is 16.9 Å². The smallest absolute Gasteiger partial charge is 0.258 e. The summed E-state index contributed by atoms with van der Waals surface area (Å²) in [6, 6.07) is 17.3. The van der Waals surface area contributed by atoms with Crippen LogP contribution >= 0.6 is 23.2 Å². The van der Waals surface area contributed by atoms with Gasteiger partial charge in [-0.1, -0.05) is 48.3 Å². The molecule has 1 amide bonds. The van der Waals surface area contributed by atoms with Crippen LogP contribution in [0.25, 0.3) is 11.4 Å². The number of carbonyl (C=O) groups excluding carboxylic acids is 1. The van der Waals surface area contributed by atoms with Gasteiger partial charge in [0.25, 0.3) is 5.91 Å². The minimum atomic E-state index is -0.0336. The first-order valence-electron chi connectivity index (χ1n) is 11.5. The molecule has 180 valence electrons. The number of nitrogens with one attached hydrogen (secondary N) is 1. The number of nitrogens with zero attached hydrogens (tertiary/aromatic N) is 4. The Morgan fingerprint density at radius 3 is 2.51 bits per heavy atom. The average Bonchev–Trinajstić information content (AvgIpc) is 3.20. The number of anilines is 3.